The Labute approximate surface area is 102 Å². The van der Waals surface area contributed by atoms with E-state index < -0.39 is 18.0 Å². The summed E-state index contributed by atoms with van der Waals surface area (Å²) < 4.78 is 61.7. The van der Waals surface area contributed by atoms with Gasteiger partial charge in [-0.1, -0.05) is 0 Å². The van der Waals surface area contributed by atoms with E-state index in [1.54, 1.807) is 7.05 Å². The minimum absolute atomic E-state index is 0.124. The molecule has 1 fully saturated rings. The molecule has 3 nitrogen and oxygen atoms in total. The van der Waals surface area contributed by atoms with Crippen LogP contribution in [0.15, 0.2) is 0 Å². The zero-order chi connectivity index (χ0) is 14.1. The van der Waals surface area contributed by atoms with Gasteiger partial charge in [0, 0.05) is 19.6 Å². The van der Waals surface area contributed by atoms with E-state index in [1.165, 1.54) is 0 Å². The predicted octanol–water partition coefficient (Wildman–Crippen LogP) is 1.74. The molecule has 0 aliphatic carbocycles. The molecule has 1 aliphatic rings. The number of hydrogen-bond acceptors (Lipinski definition) is 2. The standard InChI is InChI=1S/C10H15F5N2O/c1-16-5-3-4-7(16)6-17(2)8(18)9(11,12)10(13,14)15/h7H,3-6H2,1-2H3. The molecular formula is C10H15F5N2O. The van der Waals surface area contributed by atoms with Crippen molar-refractivity contribution in [2.24, 2.45) is 0 Å². The van der Waals surface area contributed by atoms with E-state index in [1.807, 2.05) is 4.90 Å². The Balaban J connectivity index is 2.67. The van der Waals surface area contributed by atoms with E-state index in [2.05, 4.69) is 0 Å². The van der Waals surface area contributed by atoms with Gasteiger partial charge in [0.1, 0.15) is 0 Å². The molecule has 0 aromatic carbocycles. The Morgan fingerprint density at radius 2 is 1.89 bits per heavy atom. The summed E-state index contributed by atoms with van der Waals surface area (Å²) >= 11 is 0. The van der Waals surface area contributed by atoms with Crippen molar-refractivity contribution in [2.45, 2.75) is 31.0 Å². The van der Waals surface area contributed by atoms with Gasteiger partial charge < -0.3 is 9.80 Å². The van der Waals surface area contributed by atoms with Gasteiger partial charge in [0.05, 0.1) is 0 Å². The summed E-state index contributed by atoms with van der Waals surface area (Å²) in [6, 6.07) is -0.164. The van der Waals surface area contributed by atoms with Gasteiger partial charge in [-0.2, -0.15) is 22.0 Å². The first-order valence-electron chi connectivity index (χ1n) is 5.47. The largest absolute Gasteiger partial charge is 0.463 e. The van der Waals surface area contributed by atoms with Crippen LogP contribution in [-0.4, -0.2) is 61.0 Å². The molecule has 0 saturated carbocycles. The van der Waals surface area contributed by atoms with Crippen molar-refractivity contribution in [3.05, 3.63) is 0 Å². The summed E-state index contributed by atoms with van der Waals surface area (Å²) in [5, 5.41) is 0. The number of likely N-dealkylation sites (N-methyl/N-ethyl adjacent to an activating group) is 2. The molecule has 106 valence electrons. The van der Waals surface area contributed by atoms with Gasteiger partial charge in [0.2, 0.25) is 0 Å². The maximum atomic E-state index is 12.8. The van der Waals surface area contributed by atoms with E-state index >= 15 is 0 Å². The molecule has 1 rings (SSSR count). The first-order valence-corrected chi connectivity index (χ1v) is 5.47. The second-order valence-corrected chi connectivity index (χ2v) is 4.53. The average molecular weight is 274 g/mol. The van der Waals surface area contributed by atoms with Crippen LogP contribution in [0.2, 0.25) is 0 Å². The van der Waals surface area contributed by atoms with E-state index in [0.717, 1.165) is 20.0 Å². The number of alkyl halides is 5. The lowest BCUT2D eigenvalue weighted by molar-refractivity contribution is -0.274. The highest BCUT2D eigenvalue weighted by Crippen LogP contribution is 2.36. The number of rotatable bonds is 3. The number of halogens is 5. The molecule has 1 aliphatic heterocycles. The first kappa shape index (κ1) is 15.1. The van der Waals surface area contributed by atoms with Gasteiger partial charge in [0.15, 0.2) is 0 Å². The molecule has 0 spiro atoms. The fraction of sp³-hybridized carbons (Fsp3) is 0.900. The monoisotopic (exact) mass is 274 g/mol. The zero-order valence-electron chi connectivity index (χ0n) is 10.1. The van der Waals surface area contributed by atoms with Crippen molar-refractivity contribution in [1.82, 2.24) is 9.80 Å². The summed E-state index contributed by atoms with van der Waals surface area (Å²) in [6.07, 6.45) is -4.31. The average Bonchev–Trinajstić information content (AvgIpc) is 2.61. The van der Waals surface area contributed by atoms with E-state index in [4.69, 9.17) is 0 Å². The summed E-state index contributed by atoms with van der Waals surface area (Å²) in [4.78, 5) is 13.4. The fourth-order valence-electron chi connectivity index (χ4n) is 1.97. The van der Waals surface area contributed by atoms with Crippen molar-refractivity contribution >= 4 is 5.91 Å². The maximum Gasteiger partial charge on any atom is 0.463 e. The third kappa shape index (κ3) is 2.90. The Morgan fingerprint density at radius 3 is 2.28 bits per heavy atom. The van der Waals surface area contributed by atoms with Crippen molar-refractivity contribution in [3.8, 4) is 0 Å². The molecule has 0 bridgehead atoms. The molecule has 0 aromatic rings. The first-order chi connectivity index (χ1) is 8.07. The molecule has 18 heavy (non-hydrogen) atoms. The lowest BCUT2D eigenvalue weighted by Crippen LogP contribution is -2.53. The van der Waals surface area contributed by atoms with Gasteiger partial charge in [-0.3, -0.25) is 4.79 Å². The van der Waals surface area contributed by atoms with E-state index in [9.17, 15) is 26.7 Å². The maximum absolute atomic E-state index is 12.8. The molecule has 8 heteroatoms. The third-order valence-electron chi connectivity index (χ3n) is 3.13. The molecule has 0 aromatic heterocycles. The van der Waals surface area contributed by atoms with Gasteiger partial charge in [-0.25, -0.2) is 0 Å². The van der Waals surface area contributed by atoms with Crippen LogP contribution in [0.25, 0.3) is 0 Å². The van der Waals surface area contributed by atoms with Crippen LogP contribution in [0, 0.1) is 0 Å². The fourth-order valence-corrected chi connectivity index (χ4v) is 1.97. The van der Waals surface area contributed by atoms with Crippen LogP contribution in [0.5, 0.6) is 0 Å². The Morgan fingerprint density at radius 1 is 1.33 bits per heavy atom. The number of nitrogens with zero attached hydrogens (tertiary/aromatic N) is 2. The lowest BCUT2D eigenvalue weighted by atomic mass is 10.2. The molecule has 1 atom stereocenters. The topological polar surface area (TPSA) is 23.6 Å². The van der Waals surface area contributed by atoms with Crippen LogP contribution in [0.4, 0.5) is 22.0 Å². The number of hydrogen-bond donors (Lipinski definition) is 0. The highest BCUT2D eigenvalue weighted by atomic mass is 19.4. The minimum Gasteiger partial charge on any atom is -0.339 e. The van der Waals surface area contributed by atoms with E-state index in [-0.39, 0.29) is 12.6 Å². The molecule has 1 amide bonds. The molecule has 0 radical (unpaired) electrons. The van der Waals surface area contributed by atoms with Crippen LogP contribution in [0.1, 0.15) is 12.8 Å². The second-order valence-electron chi connectivity index (χ2n) is 4.53. The highest BCUT2D eigenvalue weighted by Gasteiger charge is 2.64. The van der Waals surface area contributed by atoms with Crippen LogP contribution in [-0.2, 0) is 4.79 Å². The SMILES string of the molecule is CN(CC1CCCN1C)C(=O)C(F)(F)C(F)(F)F. The van der Waals surface area contributed by atoms with Crippen molar-refractivity contribution in [1.29, 1.82) is 0 Å². The number of carbonyl (C=O) groups excluding carboxylic acids is 1. The van der Waals surface area contributed by atoms with E-state index in [0.29, 0.717) is 11.3 Å². The number of carbonyl (C=O) groups is 1. The van der Waals surface area contributed by atoms with Gasteiger partial charge in [-0.15, -0.1) is 0 Å². The third-order valence-corrected chi connectivity index (χ3v) is 3.13. The summed E-state index contributed by atoms with van der Waals surface area (Å²) in [5.74, 6) is -7.52. The lowest BCUT2D eigenvalue weighted by Gasteiger charge is -2.29. The summed E-state index contributed by atoms with van der Waals surface area (Å²) in [6.45, 7) is 0.628. The number of amides is 1. The van der Waals surface area contributed by atoms with Gasteiger partial charge in [-0.05, 0) is 26.4 Å². The molecule has 1 saturated heterocycles. The Kier molecular flexibility index (Phi) is 4.19. The quantitative estimate of drug-likeness (QED) is 0.732. The number of likely N-dealkylation sites (tertiary alicyclic amines) is 1. The van der Waals surface area contributed by atoms with Gasteiger partial charge >= 0.3 is 18.0 Å². The van der Waals surface area contributed by atoms with Crippen LogP contribution < -0.4 is 0 Å². The normalized spacial score (nSPS) is 22.3. The second kappa shape index (κ2) is 4.99. The van der Waals surface area contributed by atoms with Crippen molar-refractivity contribution in [3.63, 3.8) is 0 Å². The van der Waals surface area contributed by atoms with Crippen molar-refractivity contribution in [2.75, 3.05) is 27.2 Å². The smallest absolute Gasteiger partial charge is 0.339 e. The molecule has 0 N–H and O–H groups in total. The molecule has 1 heterocycles. The van der Waals surface area contributed by atoms with Gasteiger partial charge in [0.25, 0.3) is 0 Å². The van der Waals surface area contributed by atoms with Crippen molar-refractivity contribution < 1.29 is 26.7 Å². The predicted molar refractivity (Wildman–Crippen MR) is 54.3 cm³/mol. The summed E-state index contributed by atoms with van der Waals surface area (Å²) in [7, 11) is 2.71. The van der Waals surface area contributed by atoms with Crippen LogP contribution in [0.3, 0.4) is 0 Å². The zero-order valence-corrected chi connectivity index (χ0v) is 10.1. The Hall–Kier alpha value is -0.920. The minimum atomic E-state index is -5.85. The Bertz CT molecular complexity index is 318. The molecule has 1 unspecified atom stereocenters. The summed E-state index contributed by atoms with van der Waals surface area (Å²) in [5.41, 5.74) is 0. The molecular weight excluding hydrogens is 259 g/mol. The van der Waals surface area contributed by atoms with Crippen LogP contribution >= 0.6 is 0 Å². The highest BCUT2D eigenvalue weighted by molar-refractivity contribution is 5.84.